The zero-order valence-electron chi connectivity index (χ0n) is 24.5. The lowest BCUT2D eigenvalue weighted by molar-refractivity contribution is -0.117. The van der Waals surface area contributed by atoms with E-state index in [1.54, 1.807) is 33.2 Å². The van der Waals surface area contributed by atoms with Crippen LogP contribution in [0.2, 0.25) is 0 Å². The molecule has 11 nitrogen and oxygen atoms in total. The highest BCUT2D eigenvalue weighted by Crippen LogP contribution is 2.41. The van der Waals surface area contributed by atoms with Crippen LogP contribution >= 0.6 is 0 Å². The van der Waals surface area contributed by atoms with E-state index in [9.17, 15) is 14.7 Å². The van der Waals surface area contributed by atoms with E-state index in [-0.39, 0.29) is 46.5 Å². The Kier molecular flexibility index (Phi) is 10.3. The second-order valence-corrected chi connectivity index (χ2v) is 9.79. The molecule has 13 heteroatoms. The van der Waals surface area contributed by atoms with Gasteiger partial charge in [-0.2, -0.15) is 13.8 Å². The van der Waals surface area contributed by atoms with Gasteiger partial charge in [0.2, 0.25) is 17.4 Å². The van der Waals surface area contributed by atoms with Gasteiger partial charge in [-0.3, -0.25) is 10.2 Å². The molecule has 1 heterocycles. The van der Waals surface area contributed by atoms with E-state index >= 15 is 8.78 Å². The zero-order chi connectivity index (χ0) is 32.7. The largest absolute Gasteiger partial charge is 0.504 e. The van der Waals surface area contributed by atoms with Crippen molar-refractivity contribution in [2.45, 2.75) is 19.4 Å². The number of nitrogens with zero attached hydrogens (tertiary/aromatic N) is 2. The van der Waals surface area contributed by atoms with E-state index in [0.29, 0.717) is 18.5 Å². The molecule has 4 aromatic rings. The number of halogens is 2. The molecule has 0 saturated heterocycles. The SMILES string of the molecule is CCOC(C=O)Cc1cccc(Oc2c(F)c(Oc3cccc(C(=O)N(C)C)c3)nc(Oc3cc(C(=N)N)ccc3O)c2F)c1. The number of nitrogen functional groups attached to an aromatic ring is 1. The van der Waals surface area contributed by atoms with E-state index < -0.39 is 41.0 Å². The summed E-state index contributed by atoms with van der Waals surface area (Å²) >= 11 is 0. The summed E-state index contributed by atoms with van der Waals surface area (Å²) in [5.41, 5.74) is 6.50. The van der Waals surface area contributed by atoms with E-state index in [1.165, 1.54) is 59.5 Å². The number of benzene rings is 3. The minimum Gasteiger partial charge on any atom is -0.504 e. The van der Waals surface area contributed by atoms with Crippen LogP contribution in [0.3, 0.4) is 0 Å². The van der Waals surface area contributed by atoms with Crippen LogP contribution < -0.4 is 19.9 Å². The molecule has 0 aliphatic heterocycles. The van der Waals surface area contributed by atoms with Crippen molar-refractivity contribution in [1.29, 1.82) is 5.41 Å². The first-order valence-corrected chi connectivity index (χ1v) is 13.6. The average Bonchev–Trinajstić information content (AvgIpc) is 3.02. The molecule has 45 heavy (non-hydrogen) atoms. The van der Waals surface area contributed by atoms with Gasteiger partial charge in [0.1, 0.15) is 29.7 Å². The number of phenols is 1. The molecule has 4 N–H and O–H groups in total. The predicted molar refractivity (Wildman–Crippen MR) is 160 cm³/mol. The second-order valence-electron chi connectivity index (χ2n) is 9.79. The fourth-order valence-electron chi connectivity index (χ4n) is 4.08. The summed E-state index contributed by atoms with van der Waals surface area (Å²) in [5, 5.41) is 18.0. The molecule has 0 spiro atoms. The molecule has 0 aliphatic rings. The van der Waals surface area contributed by atoms with E-state index in [0.717, 1.165) is 0 Å². The summed E-state index contributed by atoms with van der Waals surface area (Å²) in [6.07, 6.45) is 0.115. The number of nitrogens with one attached hydrogen (secondary N) is 1. The fraction of sp³-hybridized carbons (Fsp3) is 0.188. The quantitative estimate of drug-likeness (QED) is 0.0987. The first-order chi connectivity index (χ1) is 21.5. The van der Waals surface area contributed by atoms with E-state index in [1.807, 2.05) is 0 Å². The second kappa shape index (κ2) is 14.3. The summed E-state index contributed by atoms with van der Waals surface area (Å²) in [7, 11) is 3.12. The Hall–Kier alpha value is -5.56. The maximum Gasteiger partial charge on any atom is 0.263 e. The van der Waals surface area contributed by atoms with Gasteiger partial charge < -0.3 is 39.5 Å². The van der Waals surface area contributed by atoms with Crippen molar-refractivity contribution < 1.29 is 42.4 Å². The Morgan fingerprint density at radius 2 is 1.64 bits per heavy atom. The van der Waals surface area contributed by atoms with Gasteiger partial charge in [0.15, 0.2) is 11.5 Å². The van der Waals surface area contributed by atoms with Gasteiger partial charge in [0.25, 0.3) is 17.7 Å². The lowest BCUT2D eigenvalue weighted by Gasteiger charge is -2.16. The van der Waals surface area contributed by atoms with Crippen molar-refractivity contribution in [1.82, 2.24) is 9.88 Å². The summed E-state index contributed by atoms with van der Waals surface area (Å²) in [6.45, 7) is 2.06. The summed E-state index contributed by atoms with van der Waals surface area (Å²) in [6, 6.07) is 15.7. The number of aromatic nitrogens is 1. The van der Waals surface area contributed by atoms with Crippen LogP contribution in [0.5, 0.6) is 40.5 Å². The Morgan fingerprint density at radius 1 is 0.978 bits per heavy atom. The van der Waals surface area contributed by atoms with Crippen LogP contribution in [0, 0.1) is 17.0 Å². The molecule has 0 saturated carbocycles. The number of carbonyl (C=O) groups excluding carboxylic acids is 2. The number of aldehydes is 1. The molecule has 1 atom stereocenters. The number of aromatic hydroxyl groups is 1. The number of nitrogens with two attached hydrogens (primary N) is 1. The number of phenolic OH excluding ortho intramolecular Hbond substituents is 1. The molecule has 1 unspecified atom stereocenters. The third-order valence-electron chi connectivity index (χ3n) is 6.24. The summed E-state index contributed by atoms with van der Waals surface area (Å²) in [4.78, 5) is 29.0. The smallest absolute Gasteiger partial charge is 0.263 e. The first-order valence-electron chi connectivity index (χ1n) is 13.6. The van der Waals surface area contributed by atoms with Crippen LogP contribution in [-0.4, -0.2) is 59.8 Å². The number of amidine groups is 1. The topological polar surface area (TPSA) is 157 Å². The molecule has 1 amide bonds. The van der Waals surface area contributed by atoms with Gasteiger partial charge >= 0.3 is 0 Å². The van der Waals surface area contributed by atoms with Gasteiger partial charge in [-0.25, -0.2) is 0 Å². The van der Waals surface area contributed by atoms with Crippen LogP contribution in [-0.2, 0) is 16.0 Å². The van der Waals surface area contributed by atoms with Gasteiger partial charge in [-0.1, -0.05) is 18.2 Å². The fourth-order valence-corrected chi connectivity index (χ4v) is 4.08. The number of carbonyl (C=O) groups is 2. The Morgan fingerprint density at radius 3 is 2.29 bits per heavy atom. The third-order valence-corrected chi connectivity index (χ3v) is 6.24. The van der Waals surface area contributed by atoms with Crippen LogP contribution in [0.1, 0.15) is 28.4 Å². The minimum absolute atomic E-state index is 0.00291. The van der Waals surface area contributed by atoms with Gasteiger partial charge in [0, 0.05) is 38.2 Å². The molecule has 4 rings (SSSR count). The maximum absolute atomic E-state index is 15.9. The molecule has 0 aliphatic carbocycles. The van der Waals surface area contributed by atoms with Gasteiger partial charge in [-0.15, -0.1) is 0 Å². The summed E-state index contributed by atoms with van der Waals surface area (Å²) < 4.78 is 53.9. The molecule has 1 aromatic heterocycles. The number of hydrogen-bond donors (Lipinski definition) is 3. The predicted octanol–water partition coefficient (Wildman–Crippen LogP) is 5.57. The first kappa shape index (κ1) is 32.4. The van der Waals surface area contributed by atoms with Crippen molar-refractivity contribution in [3.05, 3.63) is 95.1 Å². The molecule has 3 aromatic carbocycles. The lowest BCUT2D eigenvalue weighted by atomic mass is 10.1. The van der Waals surface area contributed by atoms with Gasteiger partial charge in [0.05, 0.1) is 0 Å². The van der Waals surface area contributed by atoms with Crippen LogP contribution in [0.4, 0.5) is 8.78 Å². The average molecular weight is 621 g/mol. The van der Waals surface area contributed by atoms with Crippen LogP contribution in [0.15, 0.2) is 66.7 Å². The number of hydrogen-bond acceptors (Lipinski definition) is 9. The highest BCUT2D eigenvalue weighted by Gasteiger charge is 2.27. The normalized spacial score (nSPS) is 11.4. The van der Waals surface area contributed by atoms with Crippen molar-refractivity contribution in [3.8, 4) is 40.5 Å². The monoisotopic (exact) mass is 620 g/mol. The molecule has 0 bridgehead atoms. The maximum atomic E-state index is 15.9. The lowest BCUT2D eigenvalue weighted by Crippen LogP contribution is -2.21. The van der Waals surface area contributed by atoms with Crippen molar-refractivity contribution in [2.24, 2.45) is 5.73 Å². The van der Waals surface area contributed by atoms with Crippen LogP contribution in [0.25, 0.3) is 0 Å². The highest BCUT2D eigenvalue weighted by molar-refractivity contribution is 5.95. The zero-order valence-corrected chi connectivity index (χ0v) is 24.5. The third kappa shape index (κ3) is 7.89. The van der Waals surface area contributed by atoms with Crippen molar-refractivity contribution in [3.63, 3.8) is 0 Å². The number of pyridine rings is 1. The molecular weight excluding hydrogens is 590 g/mol. The minimum atomic E-state index is -1.38. The van der Waals surface area contributed by atoms with E-state index in [4.69, 9.17) is 30.1 Å². The van der Waals surface area contributed by atoms with Crippen molar-refractivity contribution in [2.75, 3.05) is 20.7 Å². The molecule has 234 valence electrons. The molecular formula is C32H30F2N4O7. The van der Waals surface area contributed by atoms with Gasteiger partial charge in [-0.05, 0) is 61.0 Å². The Balaban J connectivity index is 1.78. The Labute approximate surface area is 257 Å². The number of ether oxygens (including phenoxy) is 4. The highest BCUT2D eigenvalue weighted by atomic mass is 19.1. The number of amides is 1. The van der Waals surface area contributed by atoms with Crippen molar-refractivity contribution >= 4 is 18.0 Å². The molecule has 0 fully saturated rings. The Bertz CT molecular complexity index is 1730. The summed E-state index contributed by atoms with van der Waals surface area (Å²) in [5.74, 6) is -6.76. The number of rotatable bonds is 13. The standard InChI is InChI=1S/C32H30F2N4O7/c1-4-42-23(17-39)14-18-7-5-9-21(13-18)43-28-26(33)30(44-22-10-6-8-20(15-22)32(41)38(2)3)37-31(27(28)34)45-25-16-19(29(35)36)11-12-24(25)40/h5-13,15-17,23,40H,4,14H2,1-3H3,(H3,35,36). The molecule has 0 radical (unpaired) electrons. The van der Waals surface area contributed by atoms with E-state index in [2.05, 4.69) is 4.98 Å².